The predicted octanol–water partition coefficient (Wildman–Crippen LogP) is 2.91. The minimum Gasteiger partial charge on any atom is -0.300 e. The molecule has 1 N–H and O–H groups in total. The number of ketones is 1. The van der Waals surface area contributed by atoms with Gasteiger partial charge in [-0.25, -0.2) is 0 Å². The fourth-order valence-electron chi connectivity index (χ4n) is 1.73. The van der Waals surface area contributed by atoms with E-state index >= 15 is 0 Å². The zero-order chi connectivity index (χ0) is 12.3. The van der Waals surface area contributed by atoms with E-state index in [1.54, 1.807) is 6.92 Å². The Balaban J connectivity index is 2.10. The highest BCUT2D eigenvalue weighted by Gasteiger charge is 2.02. The number of carbonyl (C=O) groups excluding carboxylic acids is 1. The van der Waals surface area contributed by atoms with Crippen molar-refractivity contribution in [1.82, 2.24) is 10.2 Å². The standard InChI is InChI=1S/C14H16N2O/c1-10-9-14(16-15-10)13-7-5-12(6-8-13)4-3-11(2)17/h5-9H,3-4H2,1-2H3,(H,15,16). The van der Waals surface area contributed by atoms with Crippen molar-refractivity contribution in [1.29, 1.82) is 0 Å². The number of benzene rings is 1. The van der Waals surface area contributed by atoms with E-state index < -0.39 is 0 Å². The van der Waals surface area contributed by atoms with Crippen LogP contribution < -0.4 is 0 Å². The molecule has 1 aromatic carbocycles. The van der Waals surface area contributed by atoms with Gasteiger partial charge in [-0.15, -0.1) is 0 Å². The summed E-state index contributed by atoms with van der Waals surface area (Å²) in [5.74, 6) is 0.233. The first-order valence-corrected chi connectivity index (χ1v) is 5.76. The molecule has 2 aromatic rings. The lowest BCUT2D eigenvalue weighted by Crippen LogP contribution is -1.93. The SMILES string of the molecule is CC(=O)CCc1ccc(-c2cc(C)[nH]n2)cc1. The van der Waals surface area contributed by atoms with Gasteiger partial charge in [-0.3, -0.25) is 5.10 Å². The maximum absolute atomic E-state index is 10.9. The number of aromatic amines is 1. The molecule has 3 heteroatoms. The molecule has 0 unspecified atom stereocenters. The van der Waals surface area contributed by atoms with Crippen molar-refractivity contribution in [2.45, 2.75) is 26.7 Å². The van der Waals surface area contributed by atoms with E-state index in [4.69, 9.17) is 0 Å². The molecule has 88 valence electrons. The monoisotopic (exact) mass is 228 g/mol. The number of carbonyl (C=O) groups is 1. The van der Waals surface area contributed by atoms with Crippen molar-refractivity contribution >= 4 is 5.78 Å². The van der Waals surface area contributed by atoms with E-state index in [1.807, 2.05) is 25.1 Å². The van der Waals surface area contributed by atoms with Gasteiger partial charge >= 0.3 is 0 Å². The van der Waals surface area contributed by atoms with Crippen LogP contribution in [0.5, 0.6) is 0 Å². The molecule has 17 heavy (non-hydrogen) atoms. The summed E-state index contributed by atoms with van der Waals surface area (Å²) in [6, 6.07) is 10.2. The molecule has 0 atom stereocenters. The molecule has 1 heterocycles. The molecule has 0 aliphatic heterocycles. The van der Waals surface area contributed by atoms with E-state index in [-0.39, 0.29) is 5.78 Å². The van der Waals surface area contributed by atoms with Crippen LogP contribution in [-0.4, -0.2) is 16.0 Å². The Hall–Kier alpha value is -1.90. The third kappa shape index (κ3) is 3.03. The fraction of sp³-hybridized carbons (Fsp3) is 0.286. The van der Waals surface area contributed by atoms with Crippen LogP contribution in [0.1, 0.15) is 24.6 Å². The summed E-state index contributed by atoms with van der Waals surface area (Å²) in [6.07, 6.45) is 1.43. The molecule has 0 spiro atoms. The maximum atomic E-state index is 10.9. The molecule has 1 aromatic heterocycles. The quantitative estimate of drug-likeness (QED) is 0.874. The van der Waals surface area contributed by atoms with Crippen LogP contribution in [0.25, 0.3) is 11.3 Å². The summed E-state index contributed by atoms with van der Waals surface area (Å²) in [5, 5.41) is 7.14. The Morgan fingerprint density at radius 2 is 2.00 bits per heavy atom. The maximum Gasteiger partial charge on any atom is 0.130 e. The number of hydrogen-bond acceptors (Lipinski definition) is 2. The van der Waals surface area contributed by atoms with Gasteiger partial charge in [0.15, 0.2) is 0 Å². The minimum absolute atomic E-state index is 0.233. The summed E-state index contributed by atoms with van der Waals surface area (Å²) < 4.78 is 0. The number of Topliss-reactive ketones (excluding diaryl/α,β-unsaturated/α-hetero) is 1. The Labute approximate surface area is 101 Å². The number of hydrogen-bond donors (Lipinski definition) is 1. The largest absolute Gasteiger partial charge is 0.300 e. The lowest BCUT2D eigenvalue weighted by atomic mass is 10.0. The van der Waals surface area contributed by atoms with Gasteiger partial charge in [0.05, 0.1) is 5.69 Å². The molecular formula is C14H16N2O. The summed E-state index contributed by atoms with van der Waals surface area (Å²) in [4.78, 5) is 10.9. The van der Waals surface area contributed by atoms with Crippen LogP contribution in [0, 0.1) is 6.92 Å². The van der Waals surface area contributed by atoms with E-state index in [0.29, 0.717) is 6.42 Å². The summed E-state index contributed by atoms with van der Waals surface area (Å²) >= 11 is 0. The first-order chi connectivity index (χ1) is 8.15. The number of rotatable bonds is 4. The van der Waals surface area contributed by atoms with Crippen LogP contribution in [-0.2, 0) is 11.2 Å². The van der Waals surface area contributed by atoms with Gasteiger partial charge < -0.3 is 4.79 Å². The van der Waals surface area contributed by atoms with Crippen molar-refractivity contribution in [2.24, 2.45) is 0 Å². The number of nitrogens with zero attached hydrogens (tertiary/aromatic N) is 1. The van der Waals surface area contributed by atoms with Crippen molar-refractivity contribution in [3.63, 3.8) is 0 Å². The molecule has 0 aliphatic rings. The number of H-pyrrole nitrogens is 1. The molecule has 0 saturated carbocycles. The smallest absolute Gasteiger partial charge is 0.130 e. The highest BCUT2D eigenvalue weighted by Crippen LogP contribution is 2.18. The van der Waals surface area contributed by atoms with E-state index in [2.05, 4.69) is 22.3 Å². The van der Waals surface area contributed by atoms with Gasteiger partial charge in [-0.05, 0) is 31.9 Å². The number of nitrogens with one attached hydrogen (secondary N) is 1. The van der Waals surface area contributed by atoms with Crippen LogP contribution >= 0.6 is 0 Å². The fourth-order valence-corrected chi connectivity index (χ4v) is 1.73. The molecule has 0 aliphatic carbocycles. The number of aryl methyl sites for hydroxylation is 2. The predicted molar refractivity (Wildman–Crippen MR) is 67.8 cm³/mol. The van der Waals surface area contributed by atoms with E-state index in [0.717, 1.165) is 23.4 Å². The summed E-state index contributed by atoms with van der Waals surface area (Å²) in [7, 11) is 0. The molecule has 0 amide bonds. The topological polar surface area (TPSA) is 45.8 Å². The van der Waals surface area contributed by atoms with Gasteiger partial charge in [0.1, 0.15) is 5.78 Å². The minimum atomic E-state index is 0.233. The van der Waals surface area contributed by atoms with E-state index in [9.17, 15) is 4.79 Å². The van der Waals surface area contributed by atoms with Crippen molar-refractivity contribution in [3.8, 4) is 11.3 Å². The zero-order valence-electron chi connectivity index (χ0n) is 10.2. The average Bonchev–Trinajstić information content (AvgIpc) is 2.74. The van der Waals surface area contributed by atoms with Crippen molar-refractivity contribution in [2.75, 3.05) is 0 Å². The number of aromatic nitrogens is 2. The first kappa shape index (κ1) is 11.6. The zero-order valence-corrected chi connectivity index (χ0v) is 10.2. The molecule has 0 saturated heterocycles. The highest BCUT2D eigenvalue weighted by atomic mass is 16.1. The van der Waals surface area contributed by atoms with Gasteiger partial charge in [0, 0.05) is 17.7 Å². The average molecular weight is 228 g/mol. The Bertz CT molecular complexity index is 511. The molecular weight excluding hydrogens is 212 g/mol. The first-order valence-electron chi connectivity index (χ1n) is 5.76. The van der Waals surface area contributed by atoms with Gasteiger partial charge in [0.25, 0.3) is 0 Å². The summed E-state index contributed by atoms with van der Waals surface area (Å²) in [5.41, 5.74) is 4.30. The third-order valence-electron chi connectivity index (χ3n) is 2.72. The van der Waals surface area contributed by atoms with Gasteiger partial charge in [0.2, 0.25) is 0 Å². The lowest BCUT2D eigenvalue weighted by molar-refractivity contribution is -0.116. The lowest BCUT2D eigenvalue weighted by Gasteiger charge is -2.01. The normalized spacial score (nSPS) is 10.5. The Kier molecular flexibility index (Phi) is 3.38. The molecule has 0 fully saturated rings. The molecule has 2 rings (SSSR count). The molecule has 3 nitrogen and oxygen atoms in total. The summed E-state index contributed by atoms with van der Waals surface area (Å²) in [6.45, 7) is 3.61. The third-order valence-corrected chi connectivity index (χ3v) is 2.72. The Morgan fingerprint density at radius 1 is 1.29 bits per heavy atom. The second-order valence-electron chi connectivity index (χ2n) is 4.34. The highest BCUT2D eigenvalue weighted by molar-refractivity contribution is 5.75. The van der Waals surface area contributed by atoms with Crippen molar-refractivity contribution in [3.05, 3.63) is 41.6 Å². The van der Waals surface area contributed by atoms with Crippen molar-refractivity contribution < 1.29 is 4.79 Å². The van der Waals surface area contributed by atoms with Crippen LogP contribution in [0.2, 0.25) is 0 Å². The van der Waals surface area contributed by atoms with E-state index in [1.165, 1.54) is 5.56 Å². The van der Waals surface area contributed by atoms with Gasteiger partial charge in [-0.1, -0.05) is 24.3 Å². The van der Waals surface area contributed by atoms with Crippen LogP contribution in [0.4, 0.5) is 0 Å². The van der Waals surface area contributed by atoms with Crippen LogP contribution in [0.3, 0.4) is 0 Å². The second kappa shape index (κ2) is 4.95. The molecule has 0 radical (unpaired) electrons. The van der Waals surface area contributed by atoms with Gasteiger partial charge in [-0.2, -0.15) is 5.10 Å². The Morgan fingerprint density at radius 3 is 2.53 bits per heavy atom. The molecule has 0 bridgehead atoms. The van der Waals surface area contributed by atoms with Crippen LogP contribution in [0.15, 0.2) is 30.3 Å². The second-order valence-corrected chi connectivity index (χ2v) is 4.34.